The molecule has 0 aliphatic carbocycles. The Kier molecular flexibility index (Phi) is 4.69. The van der Waals surface area contributed by atoms with E-state index >= 15 is 0 Å². The quantitative estimate of drug-likeness (QED) is 0.633. The van der Waals surface area contributed by atoms with Crippen molar-refractivity contribution < 1.29 is 14.1 Å². The summed E-state index contributed by atoms with van der Waals surface area (Å²) >= 11 is 0. The second kappa shape index (κ2) is 6.90. The second-order valence-electron chi connectivity index (χ2n) is 6.23. The van der Waals surface area contributed by atoms with E-state index in [1.165, 1.54) is 6.20 Å². The zero-order valence-corrected chi connectivity index (χ0v) is 13.8. The first-order valence-corrected chi connectivity index (χ1v) is 8.16. The lowest BCUT2D eigenvalue weighted by molar-refractivity contribution is -0.130. The molecule has 0 saturated carbocycles. The van der Waals surface area contributed by atoms with Gasteiger partial charge in [0.15, 0.2) is 5.82 Å². The molecule has 0 N–H and O–H groups in total. The summed E-state index contributed by atoms with van der Waals surface area (Å²) in [6.45, 7) is 4.46. The minimum Gasteiger partial charge on any atom is -0.337 e. The Hall–Kier alpha value is -2.57. The average molecular weight is 328 g/mol. The van der Waals surface area contributed by atoms with Gasteiger partial charge in [-0.25, -0.2) is 0 Å². The topological polar surface area (TPSA) is 89.2 Å². The normalized spacial score (nSPS) is 18.0. The first-order chi connectivity index (χ1) is 11.6. The van der Waals surface area contributed by atoms with Gasteiger partial charge in [-0.2, -0.15) is 4.98 Å². The SMILES string of the molecule is CC(C)c1noc(C2CCCCN2C(=O)C(=O)c2cccnc2)n1. The van der Waals surface area contributed by atoms with E-state index in [2.05, 4.69) is 15.1 Å². The van der Waals surface area contributed by atoms with Gasteiger partial charge in [-0.3, -0.25) is 14.6 Å². The number of ketones is 1. The smallest absolute Gasteiger partial charge is 0.295 e. The van der Waals surface area contributed by atoms with Gasteiger partial charge in [0.1, 0.15) is 6.04 Å². The van der Waals surface area contributed by atoms with Crippen LogP contribution in [-0.2, 0) is 4.79 Å². The summed E-state index contributed by atoms with van der Waals surface area (Å²) in [5, 5.41) is 3.97. The van der Waals surface area contributed by atoms with E-state index in [-0.39, 0.29) is 12.0 Å². The van der Waals surface area contributed by atoms with Gasteiger partial charge in [-0.05, 0) is 31.4 Å². The van der Waals surface area contributed by atoms with E-state index in [1.807, 2.05) is 13.8 Å². The van der Waals surface area contributed by atoms with E-state index < -0.39 is 11.7 Å². The Bertz CT molecular complexity index is 726. The summed E-state index contributed by atoms with van der Waals surface area (Å²) in [5.41, 5.74) is 0.292. The largest absolute Gasteiger partial charge is 0.337 e. The molecule has 0 aromatic carbocycles. The average Bonchev–Trinajstić information content (AvgIpc) is 3.11. The zero-order valence-electron chi connectivity index (χ0n) is 13.8. The molecule has 7 nitrogen and oxygen atoms in total. The number of nitrogens with zero attached hydrogens (tertiary/aromatic N) is 4. The first-order valence-electron chi connectivity index (χ1n) is 8.16. The highest BCUT2D eigenvalue weighted by atomic mass is 16.5. The van der Waals surface area contributed by atoms with Gasteiger partial charge in [0.2, 0.25) is 5.89 Å². The van der Waals surface area contributed by atoms with Crippen molar-refractivity contribution in [2.75, 3.05) is 6.54 Å². The third kappa shape index (κ3) is 3.20. The highest BCUT2D eigenvalue weighted by molar-refractivity contribution is 6.42. The molecule has 0 bridgehead atoms. The molecule has 1 saturated heterocycles. The number of pyridine rings is 1. The van der Waals surface area contributed by atoms with Crippen LogP contribution in [0.4, 0.5) is 0 Å². The zero-order chi connectivity index (χ0) is 17.1. The van der Waals surface area contributed by atoms with Crippen molar-refractivity contribution in [1.29, 1.82) is 0 Å². The van der Waals surface area contributed by atoms with Crippen LogP contribution in [0.3, 0.4) is 0 Å². The Balaban J connectivity index is 1.83. The molecule has 2 aromatic rings. The van der Waals surface area contributed by atoms with Crippen molar-refractivity contribution in [3.05, 3.63) is 41.8 Å². The molecule has 1 amide bonds. The molecule has 3 rings (SSSR count). The fourth-order valence-electron chi connectivity index (χ4n) is 2.80. The molecule has 1 aliphatic heterocycles. The van der Waals surface area contributed by atoms with Crippen molar-refractivity contribution in [3.8, 4) is 0 Å². The van der Waals surface area contributed by atoms with Crippen molar-refractivity contribution in [1.82, 2.24) is 20.0 Å². The van der Waals surface area contributed by atoms with E-state index in [4.69, 9.17) is 4.52 Å². The van der Waals surface area contributed by atoms with Crippen LogP contribution in [0.5, 0.6) is 0 Å². The summed E-state index contributed by atoms with van der Waals surface area (Å²) in [7, 11) is 0. The molecule has 1 atom stereocenters. The van der Waals surface area contributed by atoms with Crippen LogP contribution in [0, 0.1) is 0 Å². The Morgan fingerprint density at radius 2 is 2.17 bits per heavy atom. The molecule has 1 fully saturated rings. The molecule has 2 aromatic heterocycles. The molecular formula is C17H20N4O3. The number of carbonyl (C=O) groups excluding carboxylic acids is 2. The van der Waals surface area contributed by atoms with Gasteiger partial charge in [-0.1, -0.05) is 19.0 Å². The molecule has 3 heterocycles. The number of likely N-dealkylation sites (tertiary alicyclic amines) is 1. The summed E-state index contributed by atoms with van der Waals surface area (Å²) in [6.07, 6.45) is 5.49. The standard InChI is InChI=1S/C17H20N4O3/c1-11(2)15-19-16(24-20-15)13-7-3-4-9-21(13)17(23)14(22)12-6-5-8-18-10-12/h5-6,8,10-11,13H,3-4,7,9H2,1-2H3. The summed E-state index contributed by atoms with van der Waals surface area (Å²) in [4.78, 5) is 35.0. The number of carbonyl (C=O) groups is 2. The Morgan fingerprint density at radius 1 is 1.33 bits per heavy atom. The molecule has 7 heteroatoms. The van der Waals surface area contributed by atoms with E-state index in [0.717, 1.165) is 12.8 Å². The lowest BCUT2D eigenvalue weighted by atomic mass is 10.0. The number of Topliss-reactive ketones (excluding diaryl/α,β-unsaturated/α-hetero) is 1. The summed E-state index contributed by atoms with van der Waals surface area (Å²) < 4.78 is 5.35. The third-order valence-electron chi connectivity index (χ3n) is 4.14. The number of hydrogen-bond donors (Lipinski definition) is 0. The number of piperidine rings is 1. The van der Waals surface area contributed by atoms with Crippen LogP contribution in [0.2, 0.25) is 0 Å². The minimum absolute atomic E-state index is 0.146. The molecule has 1 aliphatic rings. The van der Waals surface area contributed by atoms with Crippen molar-refractivity contribution in [2.24, 2.45) is 0 Å². The third-order valence-corrected chi connectivity index (χ3v) is 4.14. The van der Waals surface area contributed by atoms with Crippen molar-refractivity contribution >= 4 is 11.7 Å². The van der Waals surface area contributed by atoms with E-state index in [9.17, 15) is 9.59 Å². The van der Waals surface area contributed by atoms with Crippen LogP contribution < -0.4 is 0 Å². The number of hydrogen-bond acceptors (Lipinski definition) is 6. The van der Waals surface area contributed by atoms with Gasteiger partial charge in [0.05, 0.1) is 0 Å². The lowest BCUT2D eigenvalue weighted by Gasteiger charge is -2.32. The van der Waals surface area contributed by atoms with E-state index in [0.29, 0.717) is 30.2 Å². The van der Waals surface area contributed by atoms with Crippen LogP contribution in [0.15, 0.2) is 29.0 Å². The minimum atomic E-state index is -0.557. The Labute approximate surface area is 140 Å². The van der Waals surface area contributed by atoms with Crippen LogP contribution >= 0.6 is 0 Å². The summed E-state index contributed by atoms with van der Waals surface area (Å²) in [6, 6.07) is 2.89. The first kappa shape index (κ1) is 16.3. The van der Waals surface area contributed by atoms with Crippen LogP contribution in [-0.4, -0.2) is 38.3 Å². The molecule has 126 valence electrons. The van der Waals surface area contributed by atoms with Crippen molar-refractivity contribution in [2.45, 2.75) is 45.1 Å². The van der Waals surface area contributed by atoms with Crippen LogP contribution in [0.1, 0.15) is 67.1 Å². The van der Waals surface area contributed by atoms with Gasteiger partial charge < -0.3 is 9.42 Å². The monoisotopic (exact) mass is 328 g/mol. The fourth-order valence-corrected chi connectivity index (χ4v) is 2.80. The Morgan fingerprint density at radius 3 is 2.83 bits per heavy atom. The van der Waals surface area contributed by atoms with E-state index in [1.54, 1.807) is 23.2 Å². The van der Waals surface area contributed by atoms with Gasteiger partial charge in [0, 0.05) is 30.4 Å². The second-order valence-corrected chi connectivity index (χ2v) is 6.23. The number of aromatic nitrogens is 3. The molecule has 1 unspecified atom stereocenters. The van der Waals surface area contributed by atoms with Gasteiger partial charge in [0.25, 0.3) is 11.7 Å². The predicted octanol–water partition coefficient (Wildman–Crippen LogP) is 2.52. The molecular weight excluding hydrogens is 308 g/mol. The lowest BCUT2D eigenvalue weighted by Crippen LogP contribution is -2.42. The maximum atomic E-state index is 12.7. The number of amides is 1. The molecule has 0 radical (unpaired) electrons. The summed E-state index contributed by atoms with van der Waals surface area (Å²) in [5.74, 6) is 0.0650. The molecule has 0 spiro atoms. The van der Waals surface area contributed by atoms with Crippen LogP contribution in [0.25, 0.3) is 0 Å². The van der Waals surface area contributed by atoms with Gasteiger partial charge in [-0.15, -0.1) is 0 Å². The fraction of sp³-hybridized carbons (Fsp3) is 0.471. The van der Waals surface area contributed by atoms with Crippen molar-refractivity contribution in [3.63, 3.8) is 0 Å². The predicted molar refractivity (Wildman–Crippen MR) is 85.3 cm³/mol. The maximum absolute atomic E-state index is 12.7. The highest BCUT2D eigenvalue weighted by Crippen LogP contribution is 2.31. The number of rotatable bonds is 4. The highest BCUT2D eigenvalue weighted by Gasteiger charge is 2.35. The maximum Gasteiger partial charge on any atom is 0.295 e. The molecule has 24 heavy (non-hydrogen) atoms. The van der Waals surface area contributed by atoms with Gasteiger partial charge >= 0.3 is 0 Å².